The number of urea groups is 1. The van der Waals surface area contributed by atoms with Gasteiger partial charge in [-0.1, -0.05) is 79.7 Å². The topological polar surface area (TPSA) is 110 Å². The van der Waals surface area contributed by atoms with Crippen molar-refractivity contribution in [3.63, 3.8) is 0 Å². The zero-order chi connectivity index (χ0) is 27.8. The summed E-state index contributed by atoms with van der Waals surface area (Å²) in [5.74, 6) is 1.04. The van der Waals surface area contributed by atoms with E-state index in [1.807, 2.05) is 65.4 Å². The smallest absolute Gasteiger partial charge is 0.328 e. The lowest BCUT2D eigenvalue weighted by Gasteiger charge is -2.13. The Morgan fingerprint density at radius 2 is 1.69 bits per heavy atom. The number of aldehydes is 1. The molecule has 2 amide bonds. The quantitative estimate of drug-likeness (QED) is 0.247. The summed E-state index contributed by atoms with van der Waals surface area (Å²) in [7, 11) is -4.14. The Labute approximate surface area is 232 Å². The van der Waals surface area contributed by atoms with E-state index >= 15 is 0 Å². The molecule has 1 aromatic heterocycles. The minimum Gasteiger partial charge on any atom is -0.333 e. The van der Waals surface area contributed by atoms with E-state index in [0.717, 1.165) is 28.9 Å². The van der Waals surface area contributed by atoms with Crippen molar-refractivity contribution in [2.75, 3.05) is 12.0 Å². The molecular weight excluding hydrogens is 532 g/mol. The lowest BCUT2D eigenvalue weighted by molar-refractivity contribution is 0.111. The lowest BCUT2D eigenvalue weighted by atomic mass is 10.0. The van der Waals surface area contributed by atoms with Crippen molar-refractivity contribution in [2.45, 2.75) is 30.8 Å². The number of rotatable bonds is 11. The molecule has 0 saturated heterocycles. The van der Waals surface area contributed by atoms with Crippen LogP contribution in [0.15, 0.2) is 90.1 Å². The maximum Gasteiger partial charge on any atom is 0.328 e. The number of nitrogens with zero attached hydrogens (tertiary/aromatic N) is 2. The molecule has 3 aromatic carbocycles. The minimum atomic E-state index is -4.14. The Kier molecular flexibility index (Phi) is 9.21. The van der Waals surface area contributed by atoms with E-state index in [1.54, 1.807) is 36.3 Å². The average molecular weight is 563 g/mol. The monoisotopic (exact) mass is 562 g/mol. The van der Waals surface area contributed by atoms with Gasteiger partial charge in [0.15, 0.2) is 6.29 Å². The summed E-state index contributed by atoms with van der Waals surface area (Å²) in [4.78, 5) is 28.6. The first-order valence-electron chi connectivity index (χ1n) is 12.3. The molecule has 4 aromatic rings. The Morgan fingerprint density at radius 1 is 1.00 bits per heavy atom. The van der Waals surface area contributed by atoms with Gasteiger partial charge in [0.1, 0.15) is 5.69 Å². The van der Waals surface area contributed by atoms with Gasteiger partial charge in [-0.2, -0.15) is 11.8 Å². The van der Waals surface area contributed by atoms with Crippen molar-refractivity contribution in [1.29, 1.82) is 0 Å². The van der Waals surface area contributed by atoms with E-state index in [1.165, 1.54) is 6.07 Å². The Balaban J connectivity index is 1.50. The summed E-state index contributed by atoms with van der Waals surface area (Å²) in [5, 5.41) is 2.58. The molecule has 202 valence electrons. The predicted octanol–water partition coefficient (Wildman–Crippen LogP) is 5.07. The molecule has 4 rings (SSSR count). The standard InChI is InChI=1S/C29H30N4O4S2/c1-21(19-38-2)28-26(18-34)33(20-31-28)17-23-12-14-24(15-13-23)25-10-6-7-11-27(25)39(36,37)32-29(35)30-16-22-8-4-3-5-9-22/h3-15,18,20-21H,16-17,19H2,1-2H3,(H2,30,32,35). The first-order chi connectivity index (χ1) is 18.8. The minimum absolute atomic E-state index is 0.00196. The number of aromatic nitrogens is 2. The molecule has 0 aliphatic rings. The molecule has 0 fully saturated rings. The zero-order valence-electron chi connectivity index (χ0n) is 21.7. The predicted molar refractivity (Wildman–Crippen MR) is 154 cm³/mol. The largest absolute Gasteiger partial charge is 0.333 e. The SMILES string of the molecule is CSCC(C)c1ncn(Cc2ccc(-c3ccccc3S(=O)(=O)NC(=O)NCc3ccccc3)cc2)c1C=O. The Bertz CT molecular complexity index is 1540. The summed E-state index contributed by atoms with van der Waals surface area (Å²) < 4.78 is 30.2. The van der Waals surface area contributed by atoms with Crippen molar-refractivity contribution in [1.82, 2.24) is 19.6 Å². The first kappa shape index (κ1) is 28.1. The molecule has 0 bridgehead atoms. The van der Waals surface area contributed by atoms with Crippen LogP contribution in [-0.2, 0) is 23.1 Å². The van der Waals surface area contributed by atoms with Gasteiger partial charge >= 0.3 is 6.03 Å². The number of thioether (sulfide) groups is 1. The van der Waals surface area contributed by atoms with Gasteiger partial charge in [-0.05, 0) is 29.0 Å². The first-order valence-corrected chi connectivity index (χ1v) is 15.2. The van der Waals surface area contributed by atoms with Gasteiger partial charge in [0, 0.05) is 30.3 Å². The number of benzene rings is 3. The number of amides is 2. The van der Waals surface area contributed by atoms with Crippen molar-refractivity contribution in [3.8, 4) is 11.1 Å². The number of sulfonamides is 1. The highest BCUT2D eigenvalue weighted by atomic mass is 32.2. The Hall–Kier alpha value is -3.89. The molecule has 1 heterocycles. The fourth-order valence-corrected chi connectivity index (χ4v) is 6.10. The molecular formula is C29H30N4O4S2. The van der Waals surface area contributed by atoms with Gasteiger partial charge in [-0.25, -0.2) is 22.9 Å². The lowest BCUT2D eigenvalue weighted by Crippen LogP contribution is -2.39. The molecule has 39 heavy (non-hydrogen) atoms. The maximum atomic E-state index is 13.1. The van der Waals surface area contributed by atoms with Crippen LogP contribution in [0.4, 0.5) is 4.79 Å². The number of hydrogen-bond acceptors (Lipinski definition) is 6. The second-order valence-electron chi connectivity index (χ2n) is 9.08. The van der Waals surface area contributed by atoms with Crippen LogP contribution >= 0.6 is 11.8 Å². The number of nitrogens with one attached hydrogen (secondary N) is 2. The zero-order valence-corrected chi connectivity index (χ0v) is 23.3. The van der Waals surface area contributed by atoms with Crippen LogP contribution < -0.4 is 10.0 Å². The highest BCUT2D eigenvalue weighted by Crippen LogP contribution is 2.28. The molecule has 0 radical (unpaired) electrons. The summed E-state index contributed by atoms with van der Waals surface area (Å²) in [6, 6.07) is 22.4. The molecule has 2 N–H and O–H groups in total. The molecule has 1 atom stereocenters. The third kappa shape index (κ3) is 6.96. The fourth-order valence-electron chi connectivity index (χ4n) is 4.29. The molecule has 1 unspecified atom stereocenters. The van der Waals surface area contributed by atoms with Crippen LogP contribution in [0.3, 0.4) is 0 Å². The molecule has 8 nitrogen and oxygen atoms in total. The second kappa shape index (κ2) is 12.8. The van der Waals surface area contributed by atoms with Gasteiger partial charge in [-0.15, -0.1) is 0 Å². The van der Waals surface area contributed by atoms with E-state index in [2.05, 4.69) is 21.9 Å². The summed E-state index contributed by atoms with van der Waals surface area (Å²) in [6.45, 7) is 2.71. The van der Waals surface area contributed by atoms with E-state index in [9.17, 15) is 18.0 Å². The van der Waals surface area contributed by atoms with Crippen LogP contribution in [0.5, 0.6) is 0 Å². The highest BCUT2D eigenvalue weighted by Gasteiger charge is 2.22. The van der Waals surface area contributed by atoms with E-state index in [4.69, 9.17) is 0 Å². The summed E-state index contributed by atoms with van der Waals surface area (Å²) >= 11 is 1.71. The van der Waals surface area contributed by atoms with Crippen LogP contribution in [0.2, 0.25) is 0 Å². The third-order valence-electron chi connectivity index (χ3n) is 6.22. The normalized spacial score (nSPS) is 12.1. The van der Waals surface area contributed by atoms with Crippen LogP contribution in [0.1, 0.15) is 40.2 Å². The molecule has 0 saturated carbocycles. The average Bonchev–Trinajstić information content (AvgIpc) is 3.35. The maximum absolute atomic E-state index is 13.1. The van der Waals surface area contributed by atoms with Gasteiger partial charge in [-0.3, -0.25) is 4.79 Å². The van der Waals surface area contributed by atoms with Gasteiger partial charge in [0.2, 0.25) is 0 Å². The second-order valence-corrected chi connectivity index (χ2v) is 11.6. The van der Waals surface area contributed by atoms with Crippen LogP contribution in [0, 0.1) is 0 Å². The third-order valence-corrected chi connectivity index (χ3v) is 8.44. The van der Waals surface area contributed by atoms with Gasteiger partial charge in [0.05, 0.1) is 16.9 Å². The Morgan fingerprint density at radius 3 is 2.38 bits per heavy atom. The molecule has 0 spiro atoms. The van der Waals surface area contributed by atoms with Crippen molar-refractivity contribution in [3.05, 3.63) is 108 Å². The van der Waals surface area contributed by atoms with Crippen molar-refractivity contribution < 1.29 is 18.0 Å². The molecule has 0 aliphatic heterocycles. The van der Waals surface area contributed by atoms with Gasteiger partial charge in [0.25, 0.3) is 10.0 Å². The summed E-state index contributed by atoms with van der Waals surface area (Å²) in [5.41, 5.74) is 4.29. The fraction of sp³-hybridized carbons (Fsp3) is 0.207. The van der Waals surface area contributed by atoms with Crippen LogP contribution in [-0.4, -0.2) is 42.3 Å². The highest BCUT2D eigenvalue weighted by molar-refractivity contribution is 7.98. The van der Waals surface area contributed by atoms with Crippen molar-refractivity contribution >= 4 is 34.1 Å². The molecule has 0 aliphatic carbocycles. The summed E-state index contributed by atoms with van der Waals surface area (Å²) in [6.07, 6.45) is 4.55. The van der Waals surface area contributed by atoms with E-state index in [-0.39, 0.29) is 17.4 Å². The van der Waals surface area contributed by atoms with Crippen molar-refractivity contribution in [2.24, 2.45) is 0 Å². The number of carbonyl (C=O) groups excluding carboxylic acids is 2. The van der Waals surface area contributed by atoms with Crippen LogP contribution in [0.25, 0.3) is 11.1 Å². The van der Waals surface area contributed by atoms with E-state index in [0.29, 0.717) is 23.4 Å². The number of hydrogen-bond donors (Lipinski definition) is 2. The number of imidazole rings is 1. The van der Waals surface area contributed by atoms with Gasteiger partial charge < -0.3 is 9.88 Å². The number of carbonyl (C=O) groups is 2. The molecule has 10 heteroatoms. The van der Waals surface area contributed by atoms with E-state index < -0.39 is 16.1 Å².